The number of ether oxygens (including phenoxy) is 3. The lowest BCUT2D eigenvalue weighted by Gasteiger charge is -2.24. The summed E-state index contributed by atoms with van der Waals surface area (Å²) in [5.74, 6) is 2.19. The summed E-state index contributed by atoms with van der Waals surface area (Å²) < 4.78 is 29.2. The van der Waals surface area contributed by atoms with Gasteiger partial charge in [-0.1, -0.05) is 0 Å². The molecule has 0 saturated heterocycles. The number of aryl methyl sites for hydroxylation is 1. The van der Waals surface area contributed by atoms with Crippen LogP contribution in [0.4, 0.5) is 4.39 Å². The molecule has 0 fully saturated rings. The van der Waals surface area contributed by atoms with Gasteiger partial charge in [-0.15, -0.1) is 24.0 Å². The van der Waals surface area contributed by atoms with Crippen molar-refractivity contribution in [3.63, 3.8) is 0 Å². The van der Waals surface area contributed by atoms with Crippen molar-refractivity contribution in [3.05, 3.63) is 53.3 Å². The zero-order valence-corrected chi connectivity index (χ0v) is 21.6. The third-order valence-corrected chi connectivity index (χ3v) is 4.65. The number of hydrogen-bond donors (Lipinski definition) is 2. The van der Waals surface area contributed by atoms with Gasteiger partial charge in [-0.3, -0.25) is 4.99 Å². The van der Waals surface area contributed by atoms with E-state index in [2.05, 4.69) is 10.3 Å². The lowest BCUT2D eigenvalue weighted by Crippen LogP contribution is -2.39. The number of aliphatic hydroxyl groups is 1. The van der Waals surface area contributed by atoms with Gasteiger partial charge in [0, 0.05) is 20.1 Å². The van der Waals surface area contributed by atoms with Crippen molar-refractivity contribution < 1.29 is 23.7 Å². The SMILES string of the molecule is CCNC(=NCC(O)COc1ccc(F)cc1)N(C)Cc1cc(OC)c(OC)cc1C.I. The molecule has 1 atom stereocenters. The molecule has 0 saturated carbocycles. The molecule has 178 valence electrons. The Kier molecular flexibility index (Phi) is 12.1. The fourth-order valence-corrected chi connectivity index (χ4v) is 2.96. The fourth-order valence-electron chi connectivity index (χ4n) is 2.96. The Bertz CT molecular complexity index is 865. The van der Waals surface area contributed by atoms with Crippen molar-refractivity contribution in [3.8, 4) is 17.2 Å². The molecule has 0 heterocycles. The zero-order valence-electron chi connectivity index (χ0n) is 19.2. The molecule has 2 aromatic rings. The van der Waals surface area contributed by atoms with Crippen molar-refractivity contribution in [1.82, 2.24) is 10.2 Å². The number of aliphatic hydroxyl groups excluding tert-OH is 1. The Balaban J connectivity index is 0.00000512. The predicted molar refractivity (Wildman–Crippen MR) is 135 cm³/mol. The minimum atomic E-state index is -0.796. The van der Waals surface area contributed by atoms with Crippen LogP contribution in [0.5, 0.6) is 17.2 Å². The summed E-state index contributed by atoms with van der Waals surface area (Å²) in [5.41, 5.74) is 2.15. The summed E-state index contributed by atoms with van der Waals surface area (Å²) in [6, 6.07) is 9.58. The Hall–Kier alpha value is -2.27. The van der Waals surface area contributed by atoms with Gasteiger partial charge in [-0.25, -0.2) is 4.39 Å². The highest BCUT2D eigenvalue weighted by atomic mass is 127. The number of halogens is 2. The van der Waals surface area contributed by atoms with E-state index in [1.165, 1.54) is 24.3 Å². The molecule has 32 heavy (non-hydrogen) atoms. The summed E-state index contributed by atoms with van der Waals surface area (Å²) in [4.78, 5) is 6.50. The highest BCUT2D eigenvalue weighted by molar-refractivity contribution is 14.0. The summed E-state index contributed by atoms with van der Waals surface area (Å²) >= 11 is 0. The molecule has 0 aromatic heterocycles. The number of benzene rings is 2. The highest BCUT2D eigenvalue weighted by Gasteiger charge is 2.13. The van der Waals surface area contributed by atoms with E-state index in [4.69, 9.17) is 14.2 Å². The minimum absolute atomic E-state index is 0. The maximum absolute atomic E-state index is 13.0. The van der Waals surface area contributed by atoms with Gasteiger partial charge >= 0.3 is 0 Å². The molecule has 2 rings (SSSR count). The second kappa shape index (κ2) is 14.0. The van der Waals surface area contributed by atoms with Gasteiger partial charge in [0.15, 0.2) is 17.5 Å². The smallest absolute Gasteiger partial charge is 0.194 e. The van der Waals surface area contributed by atoms with Gasteiger partial charge in [0.05, 0.1) is 20.8 Å². The standard InChI is InChI=1S/C23H32FN3O4.HI/c1-6-25-23(26-13-19(28)15-31-20-9-7-18(24)8-10-20)27(3)14-17-12-22(30-5)21(29-4)11-16(17)2;/h7-12,19,28H,6,13-15H2,1-5H3,(H,25,26);1H. The van der Waals surface area contributed by atoms with Gasteiger partial charge < -0.3 is 29.5 Å². The largest absolute Gasteiger partial charge is 0.493 e. The van der Waals surface area contributed by atoms with Crippen LogP contribution in [0.1, 0.15) is 18.1 Å². The van der Waals surface area contributed by atoms with E-state index >= 15 is 0 Å². The number of guanidine groups is 1. The number of nitrogens with one attached hydrogen (secondary N) is 1. The van der Waals surface area contributed by atoms with Crippen molar-refractivity contribution in [2.75, 3.05) is 41.0 Å². The Morgan fingerprint density at radius 3 is 2.38 bits per heavy atom. The van der Waals surface area contributed by atoms with Crippen LogP contribution >= 0.6 is 24.0 Å². The monoisotopic (exact) mass is 561 g/mol. The minimum Gasteiger partial charge on any atom is -0.493 e. The molecule has 0 aliphatic heterocycles. The van der Waals surface area contributed by atoms with Gasteiger partial charge in [0.25, 0.3) is 0 Å². The number of hydrogen-bond acceptors (Lipinski definition) is 5. The first kappa shape index (κ1) is 27.8. The van der Waals surface area contributed by atoms with E-state index in [0.29, 0.717) is 36.3 Å². The second-order valence-electron chi connectivity index (χ2n) is 7.10. The van der Waals surface area contributed by atoms with Crippen molar-refractivity contribution in [2.24, 2.45) is 4.99 Å². The van der Waals surface area contributed by atoms with E-state index in [1.54, 1.807) is 14.2 Å². The molecule has 0 aliphatic rings. The summed E-state index contributed by atoms with van der Waals surface area (Å²) in [6.07, 6.45) is -0.796. The van der Waals surface area contributed by atoms with E-state index in [1.807, 2.05) is 37.9 Å². The molecule has 0 aliphatic carbocycles. The lowest BCUT2D eigenvalue weighted by atomic mass is 10.1. The average Bonchev–Trinajstić information content (AvgIpc) is 2.77. The van der Waals surface area contributed by atoms with Crippen LogP contribution < -0.4 is 19.5 Å². The molecule has 0 bridgehead atoms. The van der Waals surface area contributed by atoms with Crippen LogP contribution in [0, 0.1) is 12.7 Å². The quantitative estimate of drug-likeness (QED) is 0.263. The number of aliphatic imine (C=N–C) groups is 1. The van der Waals surface area contributed by atoms with Crippen molar-refractivity contribution >= 4 is 29.9 Å². The van der Waals surface area contributed by atoms with Crippen LogP contribution in [0.15, 0.2) is 41.4 Å². The van der Waals surface area contributed by atoms with E-state index in [0.717, 1.165) is 11.1 Å². The first-order valence-electron chi connectivity index (χ1n) is 10.1. The van der Waals surface area contributed by atoms with Crippen LogP contribution in [0.3, 0.4) is 0 Å². The van der Waals surface area contributed by atoms with Gasteiger partial charge in [-0.2, -0.15) is 0 Å². The van der Waals surface area contributed by atoms with Crippen molar-refractivity contribution in [2.45, 2.75) is 26.5 Å². The van der Waals surface area contributed by atoms with Gasteiger partial charge in [0.1, 0.15) is 24.3 Å². The third kappa shape index (κ3) is 8.34. The highest BCUT2D eigenvalue weighted by Crippen LogP contribution is 2.30. The molecule has 2 N–H and O–H groups in total. The lowest BCUT2D eigenvalue weighted by molar-refractivity contribution is 0.114. The Labute approximate surface area is 206 Å². The Morgan fingerprint density at radius 1 is 1.16 bits per heavy atom. The van der Waals surface area contributed by atoms with Gasteiger partial charge in [0.2, 0.25) is 0 Å². The van der Waals surface area contributed by atoms with Crippen LogP contribution in [0.25, 0.3) is 0 Å². The molecule has 2 aromatic carbocycles. The number of methoxy groups -OCH3 is 2. The summed E-state index contributed by atoms with van der Waals surface area (Å²) in [7, 11) is 5.16. The molecular weight excluding hydrogens is 528 g/mol. The molecule has 7 nitrogen and oxygen atoms in total. The first-order chi connectivity index (χ1) is 14.9. The molecule has 1 unspecified atom stereocenters. The molecule has 9 heteroatoms. The van der Waals surface area contributed by atoms with Crippen LogP contribution in [0.2, 0.25) is 0 Å². The molecule has 0 amide bonds. The molecule has 0 radical (unpaired) electrons. The predicted octanol–water partition coefficient (Wildman–Crippen LogP) is 3.61. The van der Waals surface area contributed by atoms with Gasteiger partial charge in [-0.05, 0) is 61.4 Å². The summed E-state index contributed by atoms with van der Waals surface area (Å²) in [5, 5.41) is 13.5. The first-order valence-corrected chi connectivity index (χ1v) is 10.1. The molecular formula is C23H33FIN3O4. The van der Waals surface area contributed by atoms with Crippen molar-refractivity contribution in [1.29, 1.82) is 0 Å². The third-order valence-electron chi connectivity index (χ3n) is 4.65. The second-order valence-corrected chi connectivity index (χ2v) is 7.10. The average molecular weight is 561 g/mol. The maximum atomic E-state index is 13.0. The zero-order chi connectivity index (χ0) is 22.8. The van der Waals surface area contributed by atoms with E-state index < -0.39 is 6.10 Å². The van der Waals surface area contributed by atoms with E-state index in [9.17, 15) is 9.50 Å². The topological polar surface area (TPSA) is 75.6 Å². The van der Waals surface area contributed by atoms with E-state index in [-0.39, 0.29) is 42.9 Å². The van der Waals surface area contributed by atoms with Crippen LogP contribution in [-0.2, 0) is 6.54 Å². The fraction of sp³-hybridized carbons (Fsp3) is 0.435. The molecule has 0 spiro atoms. The summed E-state index contributed by atoms with van der Waals surface area (Å²) in [6.45, 7) is 5.52. The maximum Gasteiger partial charge on any atom is 0.194 e. The number of nitrogens with zero attached hydrogens (tertiary/aromatic N) is 2. The van der Waals surface area contributed by atoms with Crippen LogP contribution in [-0.4, -0.2) is 63.0 Å². The Morgan fingerprint density at radius 2 is 1.78 bits per heavy atom. The number of rotatable bonds is 10. The normalized spacial score (nSPS) is 11.9.